The molecular weight excluding hydrogens is 455 g/mol. The molecule has 1 unspecified atom stereocenters. The van der Waals surface area contributed by atoms with Crippen LogP contribution in [-0.2, 0) is 9.47 Å². The Morgan fingerprint density at radius 1 is 1.22 bits per heavy atom. The quantitative estimate of drug-likeness (QED) is 0.248. The maximum atomic E-state index is 5.51. The van der Waals surface area contributed by atoms with Crippen molar-refractivity contribution in [3.8, 4) is 0 Å². The summed E-state index contributed by atoms with van der Waals surface area (Å²) in [4.78, 5) is 7.40. The number of hydrogen-bond donors (Lipinski definition) is 2. The van der Waals surface area contributed by atoms with Crippen molar-refractivity contribution in [2.75, 3.05) is 59.2 Å². The smallest absolute Gasteiger partial charge is 0.191 e. The molecule has 0 bridgehead atoms. The van der Waals surface area contributed by atoms with Crippen molar-refractivity contribution < 1.29 is 9.47 Å². The molecule has 3 aliphatic heterocycles. The maximum absolute atomic E-state index is 5.51. The Morgan fingerprint density at radius 3 is 2.74 bits per heavy atom. The van der Waals surface area contributed by atoms with Gasteiger partial charge in [-0.15, -0.1) is 24.0 Å². The lowest BCUT2D eigenvalue weighted by atomic mass is 10.0. The van der Waals surface area contributed by atoms with E-state index in [4.69, 9.17) is 14.5 Å². The van der Waals surface area contributed by atoms with Gasteiger partial charge in [-0.05, 0) is 44.9 Å². The number of nitrogens with zero attached hydrogens (tertiary/aromatic N) is 2. The molecule has 0 saturated carbocycles. The number of rotatable bonds is 7. The number of guanidine groups is 1. The lowest BCUT2D eigenvalue weighted by Crippen LogP contribution is -2.49. The topological polar surface area (TPSA) is 58.1 Å². The highest BCUT2D eigenvalue weighted by Gasteiger charge is 2.24. The highest BCUT2D eigenvalue weighted by Crippen LogP contribution is 2.17. The Labute approximate surface area is 181 Å². The zero-order valence-electron chi connectivity index (χ0n) is 16.8. The fourth-order valence-corrected chi connectivity index (χ4v) is 3.97. The van der Waals surface area contributed by atoms with E-state index in [9.17, 15) is 0 Å². The second-order valence-corrected chi connectivity index (χ2v) is 7.65. The summed E-state index contributed by atoms with van der Waals surface area (Å²) in [7, 11) is 0. The van der Waals surface area contributed by atoms with Crippen LogP contribution in [0.25, 0.3) is 0 Å². The summed E-state index contributed by atoms with van der Waals surface area (Å²) in [6.07, 6.45) is 7.94. The first kappa shape index (κ1) is 22.9. The van der Waals surface area contributed by atoms with Crippen molar-refractivity contribution in [1.82, 2.24) is 15.5 Å². The van der Waals surface area contributed by atoms with Gasteiger partial charge in [0, 0.05) is 45.4 Å². The molecule has 0 spiro atoms. The molecule has 0 aromatic carbocycles. The van der Waals surface area contributed by atoms with Gasteiger partial charge in [0.05, 0.1) is 19.8 Å². The predicted molar refractivity (Wildman–Crippen MR) is 121 cm³/mol. The van der Waals surface area contributed by atoms with Gasteiger partial charge in [0.1, 0.15) is 0 Å². The summed E-state index contributed by atoms with van der Waals surface area (Å²) in [5, 5.41) is 7.05. The van der Waals surface area contributed by atoms with E-state index in [1.54, 1.807) is 0 Å². The normalized spacial score (nSPS) is 25.0. The molecule has 7 heteroatoms. The fraction of sp³-hybridized carbons (Fsp3) is 0.850. The lowest BCUT2D eigenvalue weighted by Gasteiger charge is -2.34. The van der Waals surface area contributed by atoms with Crippen LogP contribution in [0.4, 0.5) is 0 Å². The number of nitrogens with one attached hydrogen (secondary N) is 2. The molecule has 0 aromatic heterocycles. The summed E-state index contributed by atoms with van der Waals surface area (Å²) in [5.74, 6) is 1.72. The minimum absolute atomic E-state index is 0. The van der Waals surface area contributed by atoms with Crippen LogP contribution in [-0.4, -0.2) is 76.1 Å². The monoisotopic (exact) mass is 492 g/mol. The van der Waals surface area contributed by atoms with Crippen LogP contribution in [0.2, 0.25) is 0 Å². The summed E-state index contributed by atoms with van der Waals surface area (Å²) >= 11 is 0. The number of hydrogen-bond acceptors (Lipinski definition) is 4. The molecule has 3 heterocycles. The van der Waals surface area contributed by atoms with E-state index < -0.39 is 0 Å². The number of halogens is 1. The van der Waals surface area contributed by atoms with Gasteiger partial charge in [-0.1, -0.05) is 11.6 Å². The summed E-state index contributed by atoms with van der Waals surface area (Å²) < 4.78 is 10.9. The SMILES string of the molecule is CCNC(=NCCC1=CCOCC1)NC1CCN(CC2CCOC2)CC1.I. The predicted octanol–water partition coefficient (Wildman–Crippen LogP) is 2.40. The highest BCUT2D eigenvalue weighted by molar-refractivity contribution is 14.0. The second-order valence-electron chi connectivity index (χ2n) is 7.65. The van der Waals surface area contributed by atoms with Gasteiger partial charge in [0.2, 0.25) is 0 Å². The van der Waals surface area contributed by atoms with Crippen molar-refractivity contribution in [1.29, 1.82) is 0 Å². The largest absolute Gasteiger partial charge is 0.381 e. The van der Waals surface area contributed by atoms with Gasteiger partial charge in [-0.3, -0.25) is 4.99 Å². The van der Waals surface area contributed by atoms with Gasteiger partial charge in [-0.2, -0.15) is 0 Å². The third-order valence-corrected chi connectivity index (χ3v) is 5.57. The van der Waals surface area contributed by atoms with E-state index in [2.05, 4.69) is 28.5 Å². The van der Waals surface area contributed by atoms with Crippen LogP contribution in [0.15, 0.2) is 16.6 Å². The Hall–Kier alpha value is -0.380. The molecule has 2 fully saturated rings. The molecule has 156 valence electrons. The third kappa shape index (κ3) is 8.25. The van der Waals surface area contributed by atoms with Crippen LogP contribution in [0.1, 0.15) is 39.0 Å². The summed E-state index contributed by atoms with van der Waals surface area (Å²) in [5.41, 5.74) is 1.49. The minimum Gasteiger partial charge on any atom is -0.381 e. The minimum atomic E-state index is 0. The summed E-state index contributed by atoms with van der Waals surface area (Å²) in [6, 6.07) is 0.533. The van der Waals surface area contributed by atoms with Gasteiger partial charge in [-0.25, -0.2) is 0 Å². The second kappa shape index (κ2) is 13.0. The van der Waals surface area contributed by atoms with Crippen LogP contribution < -0.4 is 10.6 Å². The average molecular weight is 492 g/mol. The van der Waals surface area contributed by atoms with Gasteiger partial charge < -0.3 is 25.0 Å². The number of ether oxygens (including phenoxy) is 2. The third-order valence-electron chi connectivity index (χ3n) is 5.57. The van der Waals surface area contributed by atoms with Crippen LogP contribution in [0.5, 0.6) is 0 Å². The molecule has 0 radical (unpaired) electrons. The molecule has 1 atom stereocenters. The zero-order valence-corrected chi connectivity index (χ0v) is 19.1. The van der Waals surface area contributed by atoms with Crippen molar-refractivity contribution in [2.45, 2.75) is 45.1 Å². The highest BCUT2D eigenvalue weighted by atomic mass is 127. The molecule has 0 aromatic rings. The summed E-state index contributed by atoms with van der Waals surface area (Å²) in [6.45, 7) is 11.0. The van der Waals surface area contributed by atoms with Crippen LogP contribution in [0, 0.1) is 5.92 Å². The molecule has 2 saturated heterocycles. The Morgan fingerprint density at radius 2 is 2.07 bits per heavy atom. The molecule has 3 rings (SSSR count). The first-order valence-electron chi connectivity index (χ1n) is 10.4. The first-order valence-corrected chi connectivity index (χ1v) is 10.4. The van der Waals surface area contributed by atoms with E-state index in [-0.39, 0.29) is 24.0 Å². The van der Waals surface area contributed by atoms with Crippen molar-refractivity contribution in [3.63, 3.8) is 0 Å². The van der Waals surface area contributed by atoms with Crippen molar-refractivity contribution >= 4 is 29.9 Å². The Balaban J connectivity index is 0.00000261. The zero-order chi connectivity index (χ0) is 18.0. The number of piperidine rings is 1. The number of aliphatic imine (C=N–C) groups is 1. The molecule has 0 aliphatic carbocycles. The van der Waals surface area contributed by atoms with Gasteiger partial charge >= 0.3 is 0 Å². The van der Waals surface area contributed by atoms with E-state index in [0.717, 1.165) is 64.2 Å². The fourth-order valence-electron chi connectivity index (χ4n) is 3.97. The van der Waals surface area contributed by atoms with E-state index in [1.165, 1.54) is 44.5 Å². The molecule has 6 nitrogen and oxygen atoms in total. The lowest BCUT2D eigenvalue weighted by molar-refractivity contribution is 0.150. The number of likely N-dealkylation sites (tertiary alicyclic amines) is 1. The van der Waals surface area contributed by atoms with Crippen molar-refractivity contribution in [2.24, 2.45) is 10.9 Å². The van der Waals surface area contributed by atoms with Gasteiger partial charge in [0.25, 0.3) is 0 Å². The Bertz CT molecular complexity index is 473. The Kier molecular flexibility index (Phi) is 11.0. The molecule has 2 N–H and O–H groups in total. The van der Waals surface area contributed by atoms with Gasteiger partial charge in [0.15, 0.2) is 5.96 Å². The van der Waals surface area contributed by atoms with E-state index >= 15 is 0 Å². The molecule has 0 amide bonds. The maximum Gasteiger partial charge on any atom is 0.191 e. The standard InChI is InChI=1S/C20H36N4O2.HI/c1-2-21-20(22-9-3-17-6-12-25-13-7-17)23-19-4-10-24(11-5-19)15-18-8-14-26-16-18;/h6,18-19H,2-5,7-16H2,1H3,(H2,21,22,23);1H. The average Bonchev–Trinajstić information content (AvgIpc) is 3.17. The molecular formula is C20H37IN4O2. The van der Waals surface area contributed by atoms with E-state index in [1.807, 2.05) is 0 Å². The molecule has 27 heavy (non-hydrogen) atoms. The molecule has 3 aliphatic rings. The van der Waals surface area contributed by atoms with Crippen molar-refractivity contribution in [3.05, 3.63) is 11.6 Å². The first-order chi connectivity index (χ1) is 12.8. The van der Waals surface area contributed by atoms with Crippen LogP contribution in [0.3, 0.4) is 0 Å². The van der Waals surface area contributed by atoms with Crippen LogP contribution >= 0.6 is 24.0 Å². The van der Waals surface area contributed by atoms with E-state index in [0.29, 0.717) is 6.04 Å².